The molecule has 200 valence electrons. The number of nitrogens with zero attached hydrogens (tertiary/aromatic N) is 3. The fraction of sp³-hybridized carbons (Fsp3) is 0.538. The highest BCUT2D eigenvalue weighted by Crippen LogP contribution is 2.44. The summed E-state index contributed by atoms with van der Waals surface area (Å²) in [6, 6.07) is 8.79. The lowest BCUT2D eigenvalue weighted by atomic mass is 9.74. The minimum absolute atomic E-state index is 0.167. The number of amides is 1. The first-order chi connectivity index (χ1) is 17.8. The summed E-state index contributed by atoms with van der Waals surface area (Å²) in [7, 11) is 0. The largest absolute Gasteiger partial charge is 0.371 e. The summed E-state index contributed by atoms with van der Waals surface area (Å²) >= 11 is 5.91. The van der Waals surface area contributed by atoms with Crippen molar-refractivity contribution in [2.24, 2.45) is 11.3 Å². The zero-order valence-corrected chi connectivity index (χ0v) is 21.4. The maximum Gasteiger partial charge on any atom is 0.271 e. The molecule has 37 heavy (non-hydrogen) atoms. The van der Waals surface area contributed by atoms with Crippen LogP contribution in [-0.2, 0) is 0 Å². The molecule has 2 aliphatic rings. The van der Waals surface area contributed by atoms with Gasteiger partial charge in [0.15, 0.2) is 0 Å². The van der Waals surface area contributed by atoms with Gasteiger partial charge in [-0.15, -0.1) is 0 Å². The number of nitrogens with one attached hydrogen (secondary N) is 2. The molecule has 0 radical (unpaired) electrons. The van der Waals surface area contributed by atoms with Gasteiger partial charge in [0, 0.05) is 30.6 Å². The van der Waals surface area contributed by atoms with Crippen LogP contribution in [0.1, 0.15) is 55.3 Å². The van der Waals surface area contributed by atoms with Crippen molar-refractivity contribution in [1.29, 1.82) is 0 Å². The number of nitro groups is 1. The van der Waals surface area contributed by atoms with Crippen LogP contribution in [0.3, 0.4) is 0 Å². The van der Waals surface area contributed by atoms with E-state index >= 15 is 0 Å². The molecule has 4 rings (SSSR count). The number of rotatable bonds is 9. The number of halogens is 3. The van der Waals surface area contributed by atoms with E-state index in [1.807, 2.05) is 0 Å². The molecule has 8 nitrogen and oxygen atoms in total. The maximum absolute atomic E-state index is 14.3. The lowest BCUT2D eigenvalue weighted by Crippen LogP contribution is -2.44. The number of hydrogen-bond acceptors (Lipinski definition) is 6. The first kappa shape index (κ1) is 27.2. The highest BCUT2D eigenvalue weighted by Gasteiger charge is 2.42. The number of pyridine rings is 1. The van der Waals surface area contributed by atoms with Crippen LogP contribution in [0.15, 0.2) is 36.4 Å². The topological polar surface area (TPSA) is 100 Å². The normalized spacial score (nSPS) is 18.1. The summed E-state index contributed by atoms with van der Waals surface area (Å²) in [4.78, 5) is 29.9. The van der Waals surface area contributed by atoms with Gasteiger partial charge in [0.2, 0.25) is 6.43 Å². The fourth-order valence-electron chi connectivity index (χ4n) is 5.43. The summed E-state index contributed by atoms with van der Waals surface area (Å²) in [5, 5.41) is 17.7. The highest BCUT2D eigenvalue weighted by molar-refractivity contribution is 6.29. The van der Waals surface area contributed by atoms with Crippen molar-refractivity contribution in [3.8, 4) is 0 Å². The van der Waals surface area contributed by atoms with Crippen molar-refractivity contribution < 1.29 is 18.5 Å². The smallest absolute Gasteiger partial charge is 0.271 e. The Balaban J connectivity index is 1.48. The predicted octanol–water partition coefficient (Wildman–Crippen LogP) is 5.92. The molecule has 2 aliphatic heterocycles. The molecule has 0 unspecified atom stereocenters. The Morgan fingerprint density at radius 1 is 1.24 bits per heavy atom. The Kier molecular flexibility index (Phi) is 8.91. The average Bonchev–Trinajstić information content (AvgIpc) is 2.89. The zero-order chi connectivity index (χ0) is 26.4. The van der Waals surface area contributed by atoms with Crippen LogP contribution < -0.4 is 15.5 Å². The van der Waals surface area contributed by atoms with Crippen molar-refractivity contribution in [3.05, 3.63) is 57.2 Å². The molecule has 2 fully saturated rings. The molecule has 2 saturated heterocycles. The van der Waals surface area contributed by atoms with E-state index in [2.05, 4.69) is 15.6 Å². The summed E-state index contributed by atoms with van der Waals surface area (Å²) in [6.45, 7) is 2.56. The molecule has 11 heteroatoms. The summed E-state index contributed by atoms with van der Waals surface area (Å²) in [5.74, 6) is 0.328. The van der Waals surface area contributed by atoms with Crippen LogP contribution in [0, 0.1) is 21.4 Å². The van der Waals surface area contributed by atoms with E-state index in [1.54, 1.807) is 23.1 Å². The first-order valence-electron chi connectivity index (χ1n) is 12.7. The van der Waals surface area contributed by atoms with Crippen molar-refractivity contribution in [3.63, 3.8) is 0 Å². The third-order valence-electron chi connectivity index (χ3n) is 7.70. The maximum atomic E-state index is 14.3. The van der Waals surface area contributed by atoms with Gasteiger partial charge in [-0.3, -0.25) is 14.9 Å². The van der Waals surface area contributed by atoms with E-state index in [0.29, 0.717) is 18.0 Å². The van der Waals surface area contributed by atoms with Gasteiger partial charge < -0.3 is 15.5 Å². The number of piperidine rings is 2. The predicted molar refractivity (Wildman–Crippen MR) is 140 cm³/mol. The summed E-state index contributed by atoms with van der Waals surface area (Å²) < 4.78 is 28.6. The number of alkyl halides is 2. The molecule has 0 atom stereocenters. The average molecular weight is 536 g/mol. The van der Waals surface area contributed by atoms with Gasteiger partial charge in [-0.2, -0.15) is 0 Å². The number of anilines is 2. The zero-order valence-electron chi connectivity index (χ0n) is 20.6. The number of non-ortho nitro benzene ring substituents is 1. The number of hydrogen-bond donors (Lipinski definition) is 2. The fourth-order valence-corrected chi connectivity index (χ4v) is 5.60. The van der Waals surface area contributed by atoms with Gasteiger partial charge in [-0.1, -0.05) is 30.5 Å². The highest BCUT2D eigenvalue weighted by atomic mass is 35.5. The van der Waals surface area contributed by atoms with Crippen molar-refractivity contribution in [2.75, 3.05) is 36.4 Å². The van der Waals surface area contributed by atoms with E-state index in [9.17, 15) is 23.7 Å². The van der Waals surface area contributed by atoms with E-state index in [1.165, 1.54) is 18.2 Å². The van der Waals surface area contributed by atoms with Crippen LogP contribution in [-0.4, -0.2) is 48.4 Å². The van der Waals surface area contributed by atoms with Gasteiger partial charge in [0.1, 0.15) is 11.0 Å². The second kappa shape index (κ2) is 12.1. The van der Waals surface area contributed by atoms with Crippen LogP contribution in [0.4, 0.5) is 26.0 Å². The van der Waals surface area contributed by atoms with Crippen molar-refractivity contribution in [2.45, 2.75) is 51.4 Å². The van der Waals surface area contributed by atoms with Crippen molar-refractivity contribution >= 4 is 34.7 Å². The minimum atomic E-state index is -2.44. The third-order valence-corrected chi connectivity index (χ3v) is 7.91. The van der Waals surface area contributed by atoms with E-state index in [-0.39, 0.29) is 48.2 Å². The molecule has 0 bridgehead atoms. The third kappa shape index (κ3) is 6.73. The second-order valence-electron chi connectivity index (χ2n) is 9.99. The Hall–Kier alpha value is -2.85. The molecular formula is C26H32ClF2N5O3. The Bertz CT molecular complexity index is 1110. The Morgan fingerprint density at radius 3 is 2.62 bits per heavy atom. The van der Waals surface area contributed by atoms with E-state index in [0.717, 1.165) is 38.8 Å². The SMILES string of the molecule is O=C(Nc1cccc(Cl)n1)c1ccc([N+](=O)[O-])cc1N1CCC(CCCC2CCNCC2)(C(F)F)CC1. The number of benzene rings is 1. The van der Waals surface area contributed by atoms with Gasteiger partial charge in [-0.05, 0) is 69.3 Å². The van der Waals surface area contributed by atoms with E-state index in [4.69, 9.17) is 11.6 Å². The van der Waals surface area contributed by atoms with Crippen LogP contribution >= 0.6 is 11.6 Å². The molecular weight excluding hydrogens is 504 g/mol. The molecule has 1 aromatic heterocycles. The minimum Gasteiger partial charge on any atom is -0.371 e. The Morgan fingerprint density at radius 2 is 1.97 bits per heavy atom. The number of carbonyl (C=O) groups is 1. The molecule has 2 aromatic rings. The van der Waals surface area contributed by atoms with Gasteiger partial charge in [0.25, 0.3) is 11.6 Å². The molecule has 0 aliphatic carbocycles. The van der Waals surface area contributed by atoms with Crippen LogP contribution in [0.5, 0.6) is 0 Å². The number of aromatic nitrogens is 1. The van der Waals surface area contributed by atoms with Gasteiger partial charge in [-0.25, -0.2) is 13.8 Å². The molecule has 3 heterocycles. The second-order valence-corrected chi connectivity index (χ2v) is 10.4. The number of nitro benzene ring substituents is 1. The summed E-state index contributed by atoms with van der Waals surface area (Å²) in [5.41, 5.74) is -0.675. The van der Waals surface area contributed by atoms with E-state index < -0.39 is 22.7 Å². The first-order valence-corrected chi connectivity index (χ1v) is 13.1. The quantitative estimate of drug-likeness (QED) is 0.235. The molecule has 0 spiro atoms. The van der Waals surface area contributed by atoms with Crippen LogP contribution in [0.25, 0.3) is 0 Å². The van der Waals surface area contributed by atoms with Gasteiger partial charge >= 0.3 is 0 Å². The standard InChI is InChI=1S/C26H32ClF2N5O3/c27-22-4-1-5-23(31-22)32-24(35)20-7-6-19(34(36)37)17-21(20)33-15-11-26(12-16-33,25(28)29)10-2-3-18-8-13-30-14-9-18/h1,4-7,17-18,25,30H,2-3,8-16H2,(H,31,32,35). The van der Waals surface area contributed by atoms with Crippen LogP contribution in [0.2, 0.25) is 5.15 Å². The lowest BCUT2D eigenvalue weighted by Gasteiger charge is -2.43. The Labute approximate surface area is 219 Å². The summed E-state index contributed by atoms with van der Waals surface area (Å²) in [6.07, 6.45) is 2.47. The molecule has 1 aromatic carbocycles. The molecule has 1 amide bonds. The van der Waals surface area contributed by atoms with Gasteiger partial charge in [0.05, 0.1) is 16.2 Å². The molecule has 0 saturated carbocycles. The lowest BCUT2D eigenvalue weighted by molar-refractivity contribution is -0.384. The van der Waals surface area contributed by atoms with Crippen molar-refractivity contribution in [1.82, 2.24) is 10.3 Å². The monoisotopic (exact) mass is 535 g/mol. The molecule has 2 N–H and O–H groups in total. The number of carbonyl (C=O) groups excluding carboxylic acids is 1.